The molecule has 1 fully saturated rings. The number of aromatic nitrogens is 2. The molecule has 148 valence electrons. The van der Waals surface area contributed by atoms with Gasteiger partial charge in [-0.3, -0.25) is 4.79 Å². The van der Waals surface area contributed by atoms with Crippen LogP contribution in [0.3, 0.4) is 0 Å². The van der Waals surface area contributed by atoms with Crippen LogP contribution < -0.4 is 5.73 Å². The van der Waals surface area contributed by atoms with E-state index in [9.17, 15) is 9.18 Å². The average Bonchev–Trinajstić information content (AvgIpc) is 3.06. The van der Waals surface area contributed by atoms with Gasteiger partial charge in [0, 0.05) is 37.5 Å². The number of carbonyl (C=O) groups excluding carboxylic acids is 1. The van der Waals surface area contributed by atoms with Gasteiger partial charge in [-0.25, -0.2) is 4.39 Å². The van der Waals surface area contributed by atoms with Crippen molar-refractivity contribution >= 4 is 18.3 Å². The molecule has 2 heterocycles. The summed E-state index contributed by atoms with van der Waals surface area (Å²) in [6.45, 7) is 5.63. The number of hydrogen-bond donors (Lipinski definition) is 1. The molecule has 1 aliphatic heterocycles. The lowest BCUT2D eigenvalue weighted by molar-refractivity contribution is -0.134. The Morgan fingerprint density at radius 3 is 2.74 bits per heavy atom. The topological polar surface area (TPSA) is 85.2 Å². The van der Waals surface area contributed by atoms with Crippen molar-refractivity contribution in [2.75, 3.05) is 13.1 Å². The van der Waals surface area contributed by atoms with Crippen molar-refractivity contribution in [3.8, 4) is 11.4 Å². The molecule has 1 saturated heterocycles. The SMILES string of the molecule is CC1(C)CN(C(=O)CCCc2nc(-c3ccc(F)cc3)no2)CCC1N.Cl. The number of amides is 1. The number of likely N-dealkylation sites (tertiary alicyclic amines) is 1. The smallest absolute Gasteiger partial charge is 0.226 e. The number of aryl methyl sites for hydroxylation is 1. The Hall–Kier alpha value is -1.99. The van der Waals surface area contributed by atoms with E-state index in [1.165, 1.54) is 12.1 Å². The van der Waals surface area contributed by atoms with Crippen molar-refractivity contribution in [3.63, 3.8) is 0 Å². The maximum absolute atomic E-state index is 13.0. The summed E-state index contributed by atoms with van der Waals surface area (Å²) in [5, 5.41) is 3.91. The van der Waals surface area contributed by atoms with E-state index in [-0.39, 0.29) is 35.6 Å². The lowest BCUT2D eigenvalue weighted by Gasteiger charge is -2.42. The van der Waals surface area contributed by atoms with Gasteiger partial charge in [0.1, 0.15) is 5.82 Å². The van der Waals surface area contributed by atoms with E-state index in [2.05, 4.69) is 24.0 Å². The Balaban J connectivity index is 0.00000261. The van der Waals surface area contributed by atoms with Crippen LogP contribution in [0.4, 0.5) is 4.39 Å². The highest BCUT2D eigenvalue weighted by Crippen LogP contribution is 2.28. The molecule has 1 aromatic heterocycles. The van der Waals surface area contributed by atoms with Gasteiger partial charge in [0.2, 0.25) is 17.6 Å². The van der Waals surface area contributed by atoms with Crippen molar-refractivity contribution in [3.05, 3.63) is 36.0 Å². The normalized spacial score (nSPS) is 18.8. The largest absolute Gasteiger partial charge is 0.342 e. The van der Waals surface area contributed by atoms with E-state index in [1.54, 1.807) is 12.1 Å². The third-order valence-electron chi connectivity index (χ3n) is 5.02. The highest BCUT2D eigenvalue weighted by atomic mass is 35.5. The summed E-state index contributed by atoms with van der Waals surface area (Å²) in [6, 6.07) is 6.06. The van der Waals surface area contributed by atoms with Gasteiger partial charge in [-0.1, -0.05) is 19.0 Å². The fourth-order valence-electron chi connectivity index (χ4n) is 3.21. The molecule has 1 amide bonds. The molecule has 2 N–H and O–H groups in total. The first kappa shape index (κ1) is 21.3. The molecular weight excluding hydrogens is 371 g/mol. The number of nitrogens with zero attached hydrogens (tertiary/aromatic N) is 3. The van der Waals surface area contributed by atoms with Crippen LogP contribution in [-0.4, -0.2) is 40.1 Å². The second kappa shape index (κ2) is 8.80. The minimum Gasteiger partial charge on any atom is -0.342 e. The van der Waals surface area contributed by atoms with Gasteiger partial charge in [-0.2, -0.15) is 4.98 Å². The van der Waals surface area contributed by atoms with Crippen molar-refractivity contribution in [2.24, 2.45) is 11.1 Å². The zero-order valence-corrected chi connectivity index (χ0v) is 16.5. The van der Waals surface area contributed by atoms with Crippen LogP contribution >= 0.6 is 12.4 Å². The first-order valence-electron chi connectivity index (χ1n) is 8.97. The van der Waals surface area contributed by atoms with Gasteiger partial charge < -0.3 is 15.2 Å². The zero-order valence-electron chi connectivity index (χ0n) is 15.7. The van der Waals surface area contributed by atoms with Gasteiger partial charge in [0.05, 0.1) is 0 Å². The van der Waals surface area contributed by atoms with E-state index in [1.807, 2.05) is 4.90 Å². The number of carbonyl (C=O) groups is 1. The summed E-state index contributed by atoms with van der Waals surface area (Å²) >= 11 is 0. The van der Waals surface area contributed by atoms with Crippen LogP contribution in [0.5, 0.6) is 0 Å². The molecule has 1 aliphatic rings. The minimum absolute atomic E-state index is 0. The maximum atomic E-state index is 13.0. The van der Waals surface area contributed by atoms with E-state index in [0.29, 0.717) is 43.1 Å². The second-order valence-electron chi connectivity index (χ2n) is 7.57. The Kier molecular flexibility index (Phi) is 6.95. The fraction of sp³-hybridized carbons (Fsp3) is 0.526. The quantitative estimate of drug-likeness (QED) is 0.838. The molecule has 1 unspecified atom stereocenters. The Bertz CT molecular complexity index is 763. The lowest BCUT2D eigenvalue weighted by Crippen LogP contribution is -2.53. The van der Waals surface area contributed by atoms with Crippen LogP contribution in [-0.2, 0) is 11.2 Å². The Labute approximate surface area is 164 Å². The fourth-order valence-corrected chi connectivity index (χ4v) is 3.21. The van der Waals surface area contributed by atoms with Crippen LogP contribution in [0, 0.1) is 11.2 Å². The number of halogens is 2. The molecule has 0 saturated carbocycles. The van der Waals surface area contributed by atoms with Crippen LogP contribution in [0.25, 0.3) is 11.4 Å². The second-order valence-corrected chi connectivity index (χ2v) is 7.57. The minimum atomic E-state index is -0.308. The third kappa shape index (κ3) is 5.26. The number of hydrogen-bond acceptors (Lipinski definition) is 5. The van der Waals surface area contributed by atoms with E-state index < -0.39 is 0 Å². The molecule has 6 nitrogen and oxygen atoms in total. The van der Waals surface area contributed by atoms with Crippen LogP contribution in [0.2, 0.25) is 0 Å². The molecule has 0 aliphatic carbocycles. The Morgan fingerprint density at radius 2 is 2.07 bits per heavy atom. The third-order valence-corrected chi connectivity index (χ3v) is 5.02. The molecular formula is C19H26ClFN4O2. The number of rotatable bonds is 5. The van der Waals surface area contributed by atoms with Gasteiger partial charge in [-0.15, -0.1) is 12.4 Å². The van der Waals surface area contributed by atoms with Gasteiger partial charge >= 0.3 is 0 Å². The monoisotopic (exact) mass is 396 g/mol. The summed E-state index contributed by atoms with van der Waals surface area (Å²) in [7, 11) is 0. The molecule has 1 atom stereocenters. The molecule has 27 heavy (non-hydrogen) atoms. The first-order chi connectivity index (χ1) is 12.3. The van der Waals surface area contributed by atoms with E-state index in [0.717, 1.165) is 13.0 Å². The van der Waals surface area contributed by atoms with Gasteiger partial charge in [-0.05, 0) is 42.5 Å². The molecule has 0 spiro atoms. The highest BCUT2D eigenvalue weighted by Gasteiger charge is 2.35. The van der Waals surface area contributed by atoms with E-state index in [4.69, 9.17) is 10.3 Å². The molecule has 2 aromatic rings. The summed E-state index contributed by atoms with van der Waals surface area (Å²) in [6.07, 6.45) is 2.46. The van der Waals surface area contributed by atoms with Gasteiger partial charge in [0.15, 0.2) is 0 Å². The molecule has 8 heteroatoms. The number of benzene rings is 1. The maximum Gasteiger partial charge on any atom is 0.226 e. The van der Waals surface area contributed by atoms with Crippen molar-refractivity contribution < 1.29 is 13.7 Å². The predicted molar refractivity (Wildman–Crippen MR) is 103 cm³/mol. The zero-order chi connectivity index (χ0) is 18.7. The molecule has 0 radical (unpaired) electrons. The molecule has 3 rings (SSSR count). The first-order valence-corrected chi connectivity index (χ1v) is 8.97. The average molecular weight is 397 g/mol. The summed E-state index contributed by atoms with van der Waals surface area (Å²) in [5.41, 5.74) is 6.77. The highest BCUT2D eigenvalue weighted by molar-refractivity contribution is 5.85. The summed E-state index contributed by atoms with van der Waals surface area (Å²) in [5.74, 6) is 0.747. The number of nitrogens with two attached hydrogens (primary N) is 1. The predicted octanol–water partition coefficient (Wildman–Crippen LogP) is 3.21. The van der Waals surface area contributed by atoms with Gasteiger partial charge in [0.25, 0.3) is 0 Å². The summed E-state index contributed by atoms with van der Waals surface area (Å²) < 4.78 is 18.2. The standard InChI is InChI=1S/C19H25FN4O2.ClH/c1-19(2)12-24(11-10-15(19)21)17(25)5-3-4-16-22-18(23-26-16)13-6-8-14(20)9-7-13;/h6-9,15H,3-5,10-12,21H2,1-2H3;1H. The van der Waals surface area contributed by atoms with Crippen molar-refractivity contribution in [1.82, 2.24) is 15.0 Å². The van der Waals surface area contributed by atoms with Crippen LogP contribution in [0.1, 0.15) is 39.0 Å². The van der Waals surface area contributed by atoms with Crippen LogP contribution in [0.15, 0.2) is 28.8 Å². The summed E-state index contributed by atoms with van der Waals surface area (Å²) in [4.78, 5) is 18.6. The number of piperidine rings is 1. The van der Waals surface area contributed by atoms with E-state index >= 15 is 0 Å². The lowest BCUT2D eigenvalue weighted by atomic mass is 9.79. The van der Waals surface area contributed by atoms with Crippen molar-refractivity contribution in [1.29, 1.82) is 0 Å². The van der Waals surface area contributed by atoms with Crippen molar-refractivity contribution in [2.45, 2.75) is 45.6 Å². The Morgan fingerprint density at radius 1 is 1.37 bits per heavy atom. The molecule has 1 aromatic carbocycles. The molecule has 0 bridgehead atoms.